The Morgan fingerprint density at radius 2 is 2.20 bits per heavy atom. The van der Waals surface area contributed by atoms with Gasteiger partial charge in [0.1, 0.15) is 6.33 Å². The van der Waals surface area contributed by atoms with E-state index < -0.39 is 0 Å². The number of hydrogen-bond acceptors (Lipinski definition) is 5. The van der Waals surface area contributed by atoms with E-state index in [4.69, 9.17) is 21.1 Å². The van der Waals surface area contributed by atoms with Crippen LogP contribution in [0.2, 0.25) is 5.02 Å². The molecule has 5 nitrogen and oxygen atoms in total. The maximum Gasteiger partial charge on any atom is 0.183 e. The summed E-state index contributed by atoms with van der Waals surface area (Å²) >= 11 is 7.88. The number of nitrogens with zero attached hydrogens (tertiary/aromatic N) is 2. The van der Waals surface area contributed by atoms with Crippen LogP contribution >= 0.6 is 23.4 Å². The van der Waals surface area contributed by atoms with Crippen molar-refractivity contribution in [1.82, 2.24) is 15.2 Å². The van der Waals surface area contributed by atoms with Crippen LogP contribution in [0.3, 0.4) is 0 Å². The van der Waals surface area contributed by atoms with Crippen molar-refractivity contribution in [2.24, 2.45) is 0 Å². The van der Waals surface area contributed by atoms with Gasteiger partial charge in [-0.1, -0.05) is 23.4 Å². The molecule has 1 aliphatic heterocycles. The van der Waals surface area contributed by atoms with E-state index in [9.17, 15) is 0 Å². The van der Waals surface area contributed by atoms with Crippen molar-refractivity contribution in [1.29, 1.82) is 0 Å². The number of aryl methyl sites for hydroxylation is 1. The summed E-state index contributed by atoms with van der Waals surface area (Å²) in [7, 11) is 0. The summed E-state index contributed by atoms with van der Waals surface area (Å²) < 4.78 is 11.3. The highest BCUT2D eigenvalue weighted by molar-refractivity contribution is 7.99. The Kier molecular flexibility index (Phi) is 4.32. The molecule has 1 aromatic carbocycles. The van der Waals surface area contributed by atoms with Crippen LogP contribution in [0.25, 0.3) is 0 Å². The van der Waals surface area contributed by atoms with E-state index in [0.29, 0.717) is 24.0 Å². The molecule has 0 saturated carbocycles. The van der Waals surface area contributed by atoms with E-state index >= 15 is 0 Å². The number of thioether (sulfide) groups is 1. The van der Waals surface area contributed by atoms with Crippen LogP contribution < -0.4 is 9.47 Å². The SMILES string of the molecule is Clc1cc(CCSc2ncn[nH]2)cc2c1OCCCO2. The van der Waals surface area contributed by atoms with Crippen LogP contribution in [-0.2, 0) is 6.42 Å². The standard InChI is InChI=1S/C13H14ClN3O2S/c14-10-6-9(2-5-20-13-15-8-16-17-13)7-11-12(10)19-4-1-3-18-11/h6-8H,1-5H2,(H,15,16,17). The lowest BCUT2D eigenvalue weighted by atomic mass is 10.1. The third-order valence-electron chi connectivity index (χ3n) is 2.88. The van der Waals surface area contributed by atoms with Gasteiger partial charge in [0.2, 0.25) is 0 Å². The molecule has 0 radical (unpaired) electrons. The third kappa shape index (κ3) is 3.19. The molecule has 1 aliphatic rings. The zero-order chi connectivity index (χ0) is 13.8. The van der Waals surface area contributed by atoms with E-state index in [1.54, 1.807) is 11.8 Å². The zero-order valence-electron chi connectivity index (χ0n) is 10.8. The number of ether oxygens (including phenoxy) is 2. The average Bonchev–Trinajstić information content (AvgIpc) is 2.83. The first kappa shape index (κ1) is 13.6. The molecule has 0 amide bonds. The Morgan fingerprint density at radius 3 is 3.05 bits per heavy atom. The predicted molar refractivity (Wildman–Crippen MR) is 77.9 cm³/mol. The van der Waals surface area contributed by atoms with Gasteiger partial charge in [0, 0.05) is 12.2 Å². The second-order valence-electron chi connectivity index (χ2n) is 4.34. The lowest BCUT2D eigenvalue weighted by molar-refractivity contribution is 0.297. The maximum atomic E-state index is 6.26. The molecule has 3 rings (SSSR count). The molecule has 7 heteroatoms. The van der Waals surface area contributed by atoms with Crippen molar-refractivity contribution in [2.75, 3.05) is 19.0 Å². The highest BCUT2D eigenvalue weighted by Crippen LogP contribution is 2.38. The number of hydrogen-bond donors (Lipinski definition) is 1. The number of rotatable bonds is 4. The summed E-state index contributed by atoms with van der Waals surface area (Å²) in [4.78, 5) is 4.07. The van der Waals surface area contributed by atoms with Crippen molar-refractivity contribution in [3.05, 3.63) is 29.0 Å². The smallest absolute Gasteiger partial charge is 0.183 e. The molecule has 0 aliphatic carbocycles. The van der Waals surface area contributed by atoms with Crippen molar-refractivity contribution in [2.45, 2.75) is 18.0 Å². The van der Waals surface area contributed by atoms with Gasteiger partial charge in [-0.3, -0.25) is 5.10 Å². The number of aromatic nitrogens is 3. The first-order chi connectivity index (χ1) is 9.83. The number of aromatic amines is 1. The number of halogens is 1. The molecule has 1 N–H and O–H groups in total. The van der Waals surface area contributed by atoms with Crippen LogP contribution in [-0.4, -0.2) is 34.1 Å². The van der Waals surface area contributed by atoms with Gasteiger partial charge < -0.3 is 9.47 Å². The van der Waals surface area contributed by atoms with Gasteiger partial charge >= 0.3 is 0 Å². The van der Waals surface area contributed by atoms with Crippen LogP contribution in [0.1, 0.15) is 12.0 Å². The predicted octanol–water partition coefficient (Wildman–Crippen LogP) is 2.95. The van der Waals surface area contributed by atoms with Crippen LogP contribution in [0.5, 0.6) is 11.5 Å². The number of fused-ring (bicyclic) bond motifs is 1. The Balaban J connectivity index is 1.67. The van der Waals surface area contributed by atoms with E-state index in [2.05, 4.69) is 15.2 Å². The molecular formula is C13H14ClN3O2S. The number of H-pyrrole nitrogens is 1. The topological polar surface area (TPSA) is 60.0 Å². The molecule has 0 atom stereocenters. The van der Waals surface area contributed by atoms with E-state index in [1.165, 1.54) is 6.33 Å². The molecule has 0 fully saturated rings. The maximum absolute atomic E-state index is 6.26. The van der Waals surface area contributed by atoms with Crippen LogP contribution in [0, 0.1) is 0 Å². The Bertz CT molecular complexity index is 577. The van der Waals surface area contributed by atoms with Gasteiger partial charge in [-0.05, 0) is 24.1 Å². The Hall–Kier alpha value is -1.40. The molecular weight excluding hydrogens is 298 g/mol. The summed E-state index contributed by atoms with van der Waals surface area (Å²) in [5.41, 5.74) is 1.13. The minimum Gasteiger partial charge on any atom is -0.489 e. The molecule has 0 bridgehead atoms. The molecule has 0 unspecified atom stereocenters. The second kappa shape index (κ2) is 6.37. The fourth-order valence-corrected chi connectivity index (χ4v) is 3.02. The number of nitrogens with one attached hydrogen (secondary N) is 1. The lowest BCUT2D eigenvalue weighted by Gasteiger charge is -2.11. The molecule has 0 spiro atoms. The van der Waals surface area contributed by atoms with Gasteiger partial charge in [-0.15, -0.1) is 0 Å². The van der Waals surface area contributed by atoms with Crippen molar-refractivity contribution in [3.8, 4) is 11.5 Å². The Labute approximate surface area is 126 Å². The number of benzene rings is 1. The molecule has 2 heterocycles. The van der Waals surface area contributed by atoms with Gasteiger partial charge in [-0.25, -0.2) is 4.98 Å². The summed E-state index contributed by atoms with van der Waals surface area (Å²) in [5.74, 6) is 2.30. The highest BCUT2D eigenvalue weighted by atomic mass is 35.5. The lowest BCUT2D eigenvalue weighted by Crippen LogP contribution is -1.97. The van der Waals surface area contributed by atoms with Gasteiger partial charge in [0.15, 0.2) is 16.7 Å². The third-order valence-corrected chi connectivity index (χ3v) is 4.04. The van der Waals surface area contributed by atoms with Crippen LogP contribution in [0.15, 0.2) is 23.6 Å². The Morgan fingerprint density at radius 1 is 1.30 bits per heavy atom. The van der Waals surface area contributed by atoms with Crippen molar-refractivity contribution >= 4 is 23.4 Å². The first-order valence-electron chi connectivity index (χ1n) is 6.39. The van der Waals surface area contributed by atoms with Crippen molar-refractivity contribution < 1.29 is 9.47 Å². The minimum atomic E-state index is 0.615. The zero-order valence-corrected chi connectivity index (χ0v) is 12.3. The largest absolute Gasteiger partial charge is 0.489 e. The quantitative estimate of drug-likeness (QED) is 0.880. The monoisotopic (exact) mass is 311 g/mol. The van der Waals surface area contributed by atoms with Gasteiger partial charge in [0.25, 0.3) is 0 Å². The average molecular weight is 312 g/mol. The molecule has 1 aromatic heterocycles. The second-order valence-corrected chi connectivity index (χ2v) is 5.84. The summed E-state index contributed by atoms with van der Waals surface area (Å²) in [5, 5.41) is 8.08. The fraction of sp³-hybridized carbons (Fsp3) is 0.385. The summed E-state index contributed by atoms with van der Waals surface area (Å²) in [6.07, 6.45) is 3.26. The van der Waals surface area contributed by atoms with E-state index in [-0.39, 0.29) is 0 Å². The molecule has 106 valence electrons. The minimum absolute atomic E-state index is 0.615. The van der Waals surface area contributed by atoms with Gasteiger partial charge in [-0.2, -0.15) is 5.10 Å². The highest BCUT2D eigenvalue weighted by Gasteiger charge is 2.15. The van der Waals surface area contributed by atoms with Crippen molar-refractivity contribution in [3.63, 3.8) is 0 Å². The normalized spacial score (nSPS) is 14.1. The van der Waals surface area contributed by atoms with E-state index in [1.807, 2.05) is 12.1 Å². The fourth-order valence-electron chi connectivity index (χ4n) is 1.96. The molecule has 20 heavy (non-hydrogen) atoms. The van der Waals surface area contributed by atoms with Gasteiger partial charge in [0.05, 0.1) is 18.2 Å². The summed E-state index contributed by atoms with van der Waals surface area (Å²) in [6.45, 7) is 1.31. The molecule has 2 aromatic rings. The molecule has 0 saturated heterocycles. The summed E-state index contributed by atoms with van der Waals surface area (Å²) in [6, 6.07) is 3.95. The van der Waals surface area contributed by atoms with Crippen LogP contribution in [0.4, 0.5) is 0 Å². The first-order valence-corrected chi connectivity index (χ1v) is 7.75. The van der Waals surface area contributed by atoms with E-state index in [0.717, 1.165) is 35.1 Å².